The number of hydrogen-bond donors (Lipinski definition) is 2. The molecule has 2 aromatic rings. The molecule has 0 spiro atoms. The van der Waals surface area contributed by atoms with E-state index in [9.17, 15) is 9.59 Å². The minimum absolute atomic E-state index is 0.0864. The van der Waals surface area contributed by atoms with Crippen molar-refractivity contribution in [3.05, 3.63) is 35.4 Å². The molecule has 1 atom stereocenters. The number of carbonyl (C=O) groups excluding carboxylic acids is 1. The first kappa shape index (κ1) is 16.9. The zero-order valence-electron chi connectivity index (χ0n) is 12.4. The first-order chi connectivity index (χ1) is 11.1. The van der Waals surface area contributed by atoms with Gasteiger partial charge in [0.1, 0.15) is 6.04 Å². The lowest BCUT2D eigenvalue weighted by atomic mass is 10.1. The molecule has 8 heteroatoms. The van der Waals surface area contributed by atoms with Crippen LogP contribution in [0.2, 0.25) is 0 Å². The number of allylic oxidation sites excluding steroid dienone is 1. The molecule has 0 bridgehead atoms. The molecule has 0 saturated heterocycles. The molecule has 1 amide bonds. The molecule has 23 heavy (non-hydrogen) atoms. The topological polar surface area (TPSA) is 105 Å². The number of thiophene rings is 1. The van der Waals surface area contributed by atoms with Gasteiger partial charge in [-0.1, -0.05) is 11.2 Å². The van der Waals surface area contributed by atoms with Crippen molar-refractivity contribution in [2.45, 2.75) is 31.7 Å². The van der Waals surface area contributed by atoms with Gasteiger partial charge in [0.25, 0.3) is 0 Å². The fourth-order valence-electron chi connectivity index (χ4n) is 1.89. The Labute approximate surface area is 137 Å². The third-order valence-electron chi connectivity index (χ3n) is 3.11. The van der Waals surface area contributed by atoms with Crippen LogP contribution in [0, 0.1) is 0 Å². The van der Waals surface area contributed by atoms with Crippen LogP contribution < -0.4 is 5.32 Å². The molecule has 0 saturated carbocycles. The van der Waals surface area contributed by atoms with Crippen molar-refractivity contribution in [2.75, 3.05) is 0 Å². The summed E-state index contributed by atoms with van der Waals surface area (Å²) >= 11 is 1.53. The van der Waals surface area contributed by atoms with Crippen molar-refractivity contribution in [3.63, 3.8) is 0 Å². The Morgan fingerprint density at radius 1 is 1.52 bits per heavy atom. The highest BCUT2D eigenvalue weighted by Crippen LogP contribution is 2.18. The van der Waals surface area contributed by atoms with Gasteiger partial charge < -0.3 is 14.9 Å². The van der Waals surface area contributed by atoms with Gasteiger partial charge in [0.15, 0.2) is 0 Å². The minimum atomic E-state index is -1.06. The van der Waals surface area contributed by atoms with E-state index in [0.29, 0.717) is 24.6 Å². The second kappa shape index (κ2) is 8.23. The Hall–Kier alpha value is -2.48. The quantitative estimate of drug-likeness (QED) is 0.681. The molecule has 0 aliphatic heterocycles. The van der Waals surface area contributed by atoms with Gasteiger partial charge in [-0.25, -0.2) is 4.79 Å². The Morgan fingerprint density at radius 3 is 3.00 bits per heavy atom. The summed E-state index contributed by atoms with van der Waals surface area (Å²) in [4.78, 5) is 27.1. The van der Waals surface area contributed by atoms with E-state index in [0.717, 1.165) is 5.56 Å². The van der Waals surface area contributed by atoms with Crippen LogP contribution in [-0.2, 0) is 16.0 Å². The molecule has 2 aromatic heterocycles. The summed E-state index contributed by atoms with van der Waals surface area (Å²) < 4.78 is 5.09. The van der Waals surface area contributed by atoms with Crippen molar-refractivity contribution in [3.8, 4) is 11.4 Å². The van der Waals surface area contributed by atoms with Crippen LogP contribution in [0.5, 0.6) is 0 Å². The Kier molecular flexibility index (Phi) is 6.04. The highest BCUT2D eigenvalue weighted by atomic mass is 32.1. The molecule has 0 aromatic carbocycles. The summed E-state index contributed by atoms with van der Waals surface area (Å²) in [5.41, 5.74) is 0.866. The number of carboxylic acid groups (broad SMARTS) is 1. The van der Waals surface area contributed by atoms with Gasteiger partial charge in [-0.05, 0) is 24.3 Å². The molecule has 2 heterocycles. The van der Waals surface area contributed by atoms with Crippen LogP contribution >= 0.6 is 11.3 Å². The first-order valence-electron chi connectivity index (χ1n) is 7.08. The van der Waals surface area contributed by atoms with Crippen LogP contribution in [0.1, 0.15) is 25.2 Å². The van der Waals surface area contributed by atoms with Crippen LogP contribution in [0.25, 0.3) is 11.4 Å². The number of aliphatic carboxylic acids is 1. The molecular weight excluding hydrogens is 318 g/mol. The number of aryl methyl sites for hydroxylation is 1. The van der Waals surface area contributed by atoms with E-state index < -0.39 is 12.0 Å². The fraction of sp³-hybridized carbons (Fsp3) is 0.333. The Bertz CT molecular complexity index is 666. The zero-order valence-corrected chi connectivity index (χ0v) is 13.2. The van der Waals surface area contributed by atoms with Gasteiger partial charge in [0, 0.05) is 23.8 Å². The summed E-state index contributed by atoms with van der Waals surface area (Å²) in [5.74, 6) is -0.593. The van der Waals surface area contributed by atoms with Crippen LogP contribution in [0.4, 0.5) is 0 Å². The van der Waals surface area contributed by atoms with E-state index in [1.54, 1.807) is 6.08 Å². The lowest BCUT2D eigenvalue weighted by molar-refractivity contribution is -0.142. The Morgan fingerprint density at radius 2 is 2.35 bits per heavy atom. The van der Waals surface area contributed by atoms with E-state index >= 15 is 0 Å². The summed E-state index contributed by atoms with van der Waals surface area (Å²) in [6.45, 7) is 3.54. The van der Waals surface area contributed by atoms with Gasteiger partial charge >= 0.3 is 5.97 Å². The lowest BCUT2D eigenvalue weighted by Gasteiger charge is -2.12. The van der Waals surface area contributed by atoms with Crippen molar-refractivity contribution < 1.29 is 19.2 Å². The van der Waals surface area contributed by atoms with Gasteiger partial charge in [0.05, 0.1) is 0 Å². The average Bonchev–Trinajstić information content (AvgIpc) is 3.19. The second-order valence-corrected chi connectivity index (χ2v) is 5.63. The zero-order chi connectivity index (χ0) is 16.7. The monoisotopic (exact) mass is 335 g/mol. The molecular formula is C15H17N3O4S. The number of carboxylic acids is 1. The SMILES string of the molecule is C=CCCC(NC(=O)CCc1nc(-c2ccsc2)no1)C(=O)O. The number of rotatable bonds is 9. The van der Waals surface area contributed by atoms with Crippen LogP contribution in [0.3, 0.4) is 0 Å². The largest absolute Gasteiger partial charge is 0.480 e. The Balaban J connectivity index is 1.84. The predicted molar refractivity (Wildman–Crippen MR) is 84.9 cm³/mol. The molecule has 0 fully saturated rings. The van der Waals surface area contributed by atoms with Crippen LogP contribution in [-0.4, -0.2) is 33.2 Å². The van der Waals surface area contributed by atoms with E-state index in [-0.39, 0.29) is 18.7 Å². The third-order valence-corrected chi connectivity index (χ3v) is 3.79. The smallest absolute Gasteiger partial charge is 0.326 e. The van der Waals surface area contributed by atoms with Crippen molar-refractivity contribution >= 4 is 23.2 Å². The maximum atomic E-state index is 11.8. The van der Waals surface area contributed by atoms with Gasteiger partial charge in [-0.15, -0.1) is 6.58 Å². The molecule has 122 valence electrons. The summed E-state index contributed by atoms with van der Waals surface area (Å²) in [5, 5.41) is 19.2. The summed E-state index contributed by atoms with van der Waals surface area (Å²) in [6, 6.07) is 0.966. The van der Waals surface area contributed by atoms with Gasteiger partial charge in [0.2, 0.25) is 17.6 Å². The van der Waals surface area contributed by atoms with E-state index in [1.807, 2.05) is 16.8 Å². The highest BCUT2D eigenvalue weighted by Gasteiger charge is 2.19. The molecule has 2 N–H and O–H groups in total. The molecule has 2 rings (SSSR count). The lowest BCUT2D eigenvalue weighted by Crippen LogP contribution is -2.40. The average molecular weight is 335 g/mol. The van der Waals surface area contributed by atoms with E-state index in [4.69, 9.17) is 9.63 Å². The minimum Gasteiger partial charge on any atom is -0.480 e. The summed E-state index contributed by atoms with van der Waals surface area (Å²) in [7, 11) is 0. The normalized spacial score (nSPS) is 11.8. The summed E-state index contributed by atoms with van der Waals surface area (Å²) in [6.07, 6.45) is 2.80. The number of hydrogen-bond acceptors (Lipinski definition) is 6. The highest BCUT2D eigenvalue weighted by molar-refractivity contribution is 7.08. The number of carbonyl (C=O) groups is 2. The number of nitrogens with one attached hydrogen (secondary N) is 1. The van der Waals surface area contributed by atoms with Crippen LogP contribution in [0.15, 0.2) is 34.0 Å². The fourth-order valence-corrected chi connectivity index (χ4v) is 2.53. The standard InChI is InChI=1S/C15H17N3O4S/c1-2-3-4-11(15(20)21)16-12(19)5-6-13-17-14(18-22-13)10-7-8-23-9-10/h2,7-9,11H,1,3-6H2,(H,16,19)(H,20,21). The molecule has 1 unspecified atom stereocenters. The van der Waals surface area contributed by atoms with E-state index in [1.165, 1.54) is 11.3 Å². The maximum Gasteiger partial charge on any atom is 0.326 e. The van der Waals surface area contributed by atoms with Crippen molar-refractivity contribution in [1.82, 2.24) is 15.5 Å². The molecule has 0 radical (unpaired) electrons. The molecule has 0 aliphatic rings. The molecule has 7 nitrogen and oxygen atoms in total. The molecule has 0 aliphatic carbocycles. The maximum absolute atomic E-state index is 11.8. The van der Waals surface area contributed by atoms with E-state index in [2.05, 4.69) is 22.0 Å². The van der Waals surface area contributed by atoms with Gasteiger partial charge in [-0.2, -0.15) is 16.3 Å². The van der Waals surface area contributed by atoms with Gasteiger partial charge in [-0.3, -0.25) is 4.79 Å². The second-order valence-electron chi connectivity index (χ2n) is 4.85. The van der Waals surface area contributed by atoms with Crippen molar-refractivity contribution in [1.29, 1.82) is 0 Å². The number of amides is 1. The van der Waals surface area contributed by atoms with Crippen molar-refractivity contribution in [2.24, 2.45) is 0 Å². The first-order valence-corrected chi connectivity index (χ1v) is 8.02. The number of aromatic nitrogens is 2. The third kappa shape index (κ3) is 5.03. The number of nitrogens with zero attached hydrogens (tertiary/aromatic N) is 2. The predicted octanol–water partition coefficient (Wildman–Crippen LogP) is 2.27.